The van der Waals surface area contributed by atoms with Gasteiger partial charge >= 0.3 is 0 Å². The van der Waals surface area contributed by atoms with Crippen LogP contribution in [-0.4, -0.2) is 34.9 Å². The summed E-state index contributed by atoms with van der Waals surface area (Å²) in [6, 6.07) is 10.0. The van der Waals surface area contributed by atoms with Gasteiger partial charge in [0.25, 0.3) is 0 Å². The van der Waals surface area contributed by atoms with E-state index in [0.29, 0.717) is 5.82 Å². The number of nitrogens with two attached hydrogens (primary N) is 1. The second-order valence-electron chi connectivity index (χ2n) is 6.51. The Morgan fingerprint density at radius 1 is 1.20 bits per heavy atom. The van der Waals surface area contributed by atoms with E-state index in [-0.39, 0.29) is 0 Å². The van der Waals surface area contributed by atoms with E-state index < -0.39 is 0 Å². The van der Waals surface area contributed by atoms with Crippen LogP contribution in [0.1, 0.15) is 19.3 Å². The first-order valence-corrected chi connectivity index (χ1v) is 8.82. The number of fused-ring (bicyclic) bond motifs is 1. The number of anilines is 2. The zero-order chi connectivity index (χ0) is 17.1. The van der Waals surface area contributed by atoms with Crippen molar-refractivity contribution >= 4 is 22.4 Å². The van der Waals surface area contributed by atoms with Gasteiger partial charge in [0.1, 0.15) is 5.82 Å². The molecule has 0 radical (unpaired) electrons. The maximum Gasteiger partial charge on any atom is 0.135 e. The van der Waals surface area contributed by atoms with Crippen LogP contribution >= 0.6 is 0 Å². The van der Waals surface area contributed by atoms with Crippen molar-refractivity contribution in [1.82, 2.24) is 15.2 Å². The van der Waals surface area contributed by atoms with E-state index in [1.165, 1.54) is 0 Å². The van der Waals surface area contributed by atoms with Crippen LogP contribution in [0.4, 0.5) is 11.5 Å². The molecular formula is C19H23N5O. The summed E-state index contributed by atoms with van der Waals surface area (Å²) >= 11 is 0. The van der Waals surface area contributed by atoms with Crippen molar-refractivity contribution in [2.45, 2.75) is 19.3 Å². The Labute approximate surface area is 146 Å². The molecule has 1 saturated heterocycles. The molecule has 0 bridgehead atoms. The Balaban J connectivity index is 1.66. The molecule has 0 aliphatic carbocycles. The third kappa shape index (κ3) is 3.30. The highest BCUT2D eigenvalue weighted by molar-refractivity contribution is 6.02. The van der Waals surface area contributed by atoms with Gasteiger partial charge in [-0.2, -0.15) is 5.10 Å². The molecule has 25 heavy (non-hydrogen) atoms. The number of rotatable bonds is 5. The van der Waals surface area contributed by atoms with Crippen molar-refractivity contribution in [3.63, 3.8) is 0 Å². The minimum absolute atomic E-state index is 0.511. The number of nitrogens with zero attached hydrogens (tertiary/aromatic N) is 2. The lowest BCUT2D eigenvalue weighted by Gasteiger charge is -2.23. The first-order chi connectivity index (χ1) is 12.3. The topological polar surface area (TPSA) is 88.8 Å². The molecule has 1 aliphatic rings. The van der Waals surface area contributed by atoms with Gasteiger partial charge < -0.3 is 15.8 Å². The number of pyridine rings is 1. The molecule has 0 amide bonds. The molecule has 0 atom stereocenters. The van der Waals surface area contributed by atoms with Gasteiger partial charge in [-0.1, -0.05) is 18.2 Å². The fraction of sp³-hybridized carbons (Fsp3) is 0.368. The van der Waals surface area contributed by atoms with Crippen LogP contribution in [0.15, 0.2) is 36.5 Å². The van der Waals surface area contributed by atoms with Crippen LogP contribution < -0.4 is 11.1 Å². The first-order valence-electron chi connectivity index (χ1n) is 8.82. The highest BCUT2D eigenvalue weighted by atomic mass is 16.5. The number of aromatic nitrogens is 3. The summed E-state index contributed by atoms with van der Waals surface area (Å²) in [5.74, 6) is 1.24. The minimum Gasteiger partial charge on any atom is -0.384 e. The average molecular weight is 337 g/mol. The molecule has 1 fully saturated rings. The van der Waals surface area contributed by atoms with Gasteiger partial charge in [0.2, 0.25) is 0 Å². The van der Waals surface area contributed by atoms with E-state index in [0.717, 1.165) is 72.8 Å². The monoisotopic (exact) mass is 337 g/mol. The summed E-state index contributed by atoms with van der Waals surface area (Å²) in [6.45, 7) is 2.67. The van der Waals surface area contributed by atoms with Gasteiger partial charge in [0.15, 0.2) is 0 Å². The van der Waals surface area contributed by atoms with Crippen molar-refractivity contribution in [2.24, 2.45) is 5.92 Å². The largest absolute Gasteiger partial charge is 0.384 e. The molecule has 4 N–H and O–H groups in total. The predicted octanol–water partition coefficient (Wildman–Crippen LogP) is 3.44. The van der Waals surface area contributed by atoms with E-state index in [9.17, 15) is 0 Å². The standard InChI is InChI=1S/C19H23N5O/c20-19-17(16-6-10-22-24-16)18(14-3-1-2-4-15(14)23-19)21-9-5-13-7-11-25-12-8-13/h1-4,6,10,13H,5,7-9,11-12H2,(H,22,24)(H3,20,21,23). The zero-order valence-corrected chi connectivity index (χ0v) is 14.2. The van der Waals surface area contributed by atoms with E-state index in [1.807, 2.05) is 24.3 Å². The first kappa shape index (κ1) is 15.9. The fourth-order valence-electron chi connectivity index (χ4n) is 3.52. The highest BCUT2D eigenvalue weighted by Crippen LogP contribution is 2.37. The maximum absolute atomic E-state index is 6.28. The van der Waals surface area contributed by atoms with Crippen molar-refractivity contribution in [3.8, 4) is 11.3 Å². The Kier molecular flexibility index (Phi) is 4.52. The number of nitrogen functional groups attached to an aromatic ring is 1. The van der Waals surface area contributed by atoms with Crippen molar-refractivity contribution in [1.29, 1.82) is 0 Å². The third-order valence-electron chi connectivity index (χ3n) is 4.89. The average Bonchev–Trinajstić information content (AvgIpc) is 3.16. The number of hydrogen-bond donors (Lipinski definition) is 3. The van der Waals surface area contributed by atoms with Crippen LogP contribution in [0.3, 0.4) is 0 Å². The van der Waals surface area contributed by atoms with E-state index in [2.05, 4.69) is 26.6 Å². The molecular weight excluding hydrogens is 314 g/mol. The summed E-state index contributed by atoms with van der Waals surface area (Å²) in [5, 5.41) is 11.8. The fourth-order valence-corrected chi connectivity index (χ4v) is 3.52. The number of H-pyrrole nitrogens is 1. The molecule has 0 unspecified atom stereocenters. The predicted molar refractivity (Wildman–Crippen MR) is 100 cm³/mol. The maximum atomic E-state index is 6.28. The molecule has 6 heteroatoms. The number of para-hydroxylation sites is 1. The van der Waals surface area contributed by atoms with Crippen LogP contribution in [0, 0.1) is 5.92 Å². The summed E-state index contributed by atoms with van der Waals surface area (Å²) in [4.78, 5) is 4.56. The quantitative estimate of drug-likeness (QED) is 0.664. The Bertz CT molecular complexity index is 840. The molecule has 1 aliphatic heterocycles. The van der Waals surface area contributed by atoms with Crippen molar-refractivity contribution < 1.29 is 4.74 Å². The Hall–Kier alpha value is -2.60. The Morgan fingerprint density at radius 3 is 2.84 bits per heavy atom. The van der Waals surface area contributed by atoms with E-state index >= 15 is 0 Å². The molecule has 1 aromatic carbocycles. The smallest absolute Gasteiger partial charge is 0.135 e. The lowest BCUT2D eigenvalue weighted by Crippen LogP contribution is -2.18. The number of benzene rings is 1. The molecule has 4 rings (SSSR count). The number of nitrogens with one attached hydrogen (secondary N) is 2. The molecule has 3 heterocycles. The van der Waals surface area contributed by atoms with Crippen LogP contribution in [0.2, 0.25) is 0 Å². The van der Waals surface area contributed by atoms with Gasteiger partial charge in [0, 0.05) is 31.3 Å². The van der Waals surface area contributed by atoms with Crippen molar-refractivity contribution in [2.75, 3.05) is 30.8 Å². The van der Waals surface area contributed by atoms with Gasteiger partial charge in [-0.15, -0.1) is 0 Å². The summed E-state index contributed by atoms with van der Waals surface area (Å²) in [7, 11) is 0. The molecule has 130 valence electrons. The normalized spacial score (nSPS) is 15.5. The van der Waals surface area contributed by atoms with Gasteiger partial charge in [0.05, 0.1) is 22.5 Å². The lowest BCUT2D eigenvalue weighted by atomic mass is 9.96. The second-order valence-corrected chi connectivity index (χ2v) is 6.51. The Morgan fingerprint density at radius 2 is 2.04 bits per heavy atom. The number of aromatic amines is 1. The van der Waals surface area contributed by atoms with E-state index in [1.54, 1.807) is 6.20 Å². The lowest BCUT2D eigenvalue weighted by molar-refractivity contribution is 0.0649. The van der Waals surface area contributed by atoms with E-state index in [4.69, 9.17) is 10.5 Å². The molecule has 3 aromatic rings. The number of ether oxygens (including phenoxy) is 1. The minimum atomic E-state index is 0.511. The summed E-state index contributed by atoms with van der Waals surface area (Å²) in [6.07, 6.45) is 5.15. The SMILES string of the molecule is Nc1nc2ccccc2c(NCCC2CCOCC2)c1-c1ccn[nH]1. The van der Waals surface area contributed by atoms with Crippen LogP contribution in [-0.2, 0) is 4.74 Å². The third-order valence-corrected chi connectivity index (χ3v) is 4.89. The molecule has 6 nitrogen and oxygen atoms in total. The number of hydrogen-bond acceptors (Lipinski definition) is 5. The summed E-state index contributed by atoms with van der Waals surface area (Å²) in [5.41, 5.74) is 9.98. The highest BCUT2D eigenvalue weighted by Gasteiger charge is 2.17. The molecule has 2 aromatic heterocycles. The van der Waals surface area contributed by atoms with Gasteiger partial charge in [-0.25, -0.2) is 4.98 Å². The zero-order valence-electron chi connectivity index (χ0n) is 14.2. The van der Waals surface area contributed by atoms with Gasteiger partial charge in [-0.3, -0.25) is 5.10 Å². The van der Waals surface area contributed by atoms with Crippen LogP contribution in [0.5, 0.6) is 0 Å². The summed E-state index contributed by atoms with van der Waals surface area (Å²) < 4.78 is 5.45. The van der Waals surface area contributed by atoms with Crippen LogP contribution in [0.25, 0.3) is 22.2 Å². The van der Waals surface area contributed by atoms with Gasteiger partial charge in [-0.05, 0) is 37.3 Å². The molecule has 0 spiro atoms. The molecule has 0 saturated carbocycles. The second kappa shape index (κ2) is 7.11. The van der Waals surface area contributed by atoms with Crippen molar-refractivity contribution in [3.05, 3.63) is 36.5 Å².